The Kier molecular flexibility index (Phi) is 3.94. The van der Waals surface area contributed by atoms with Crippen molar-refractivity contribution in [2.45, 2.75) is 17.2 Å². The molecule has 1 atom stereocenters. The molecule has 18 heavy (non-hydrogen) atoms. The number of urea groups is 1. The molecule has 3 N–H and O–H groups in total. The number of hydrogen-bond acceptors (Lipinski definition) is 3. The van der Waals surface area contributed by atoms with Crippen LogP contribution < -0.4 is 11.1 Å². The topological polar surface area (TPSA) is 68.3 Å². The van der Waals surface area contributed by atoms with Gasteiger partial charge in [0.25, 0.3) is 0 Å². The molecule has 0 spiro atoms. The molecule has 94 valence electrons. The zero-order chi connectivity index (χ0) is 13.0. The van der Waals surface area contributed by atoms with Gasteiger partial charge < -0.3 is 15.5 Å². The van der Waals surface area contributed by atoms with E-state index in [0.717, 1.165) is 4.90 Å². The number of carbonyl (C=O) groups is 1. The number of carbonyl (C=O) groups excluding carboxylic acids is 1. The standard InChI is InChI=1S/C13H14N2O2S/c1-9-4-6-10(7-5-9)18-12(15-13(14)16)11-3-2-8-17-11/h2-8,12H,1H3,(H3,14,15,16). The van der Waals surface area contributed by atoms with Crippen molar-refractivity contribution in [1.82, 2.24) is 5.32 Å². The summed E-state index contributed by atoms with van der Waals surface area (Å²) in [5.41, 5.74) is 6.36. The maximum atomic E-state index is 11.0. The first-order chi connectivity index (χ1) is 8.65. The lowest BCUT2D eigenvalue weighted by molar-refractivity contribution is 0.247. The van der Waals surface area contributed by atoms with Crippen molar-refractivity contribution >= 4 is 17.8 Å². The number of primary amides is 1. The van der Waals surface area contributed by atoms with Gasteiger partial charge in [0.2, 0.25) is 0 Å². The van der Waals surface area contributed by atoms with E-state index in [2.05, 4.69) is 5.32 Å². The van der Waals surface area contributed by atoms with E-state index in [1.54, 1.807) is 12.3 Å². The van der Waals surface area contributed by atoms with Gasteiger partial charge in [-0.1, -0.05) is 29.5 Å². The van der Waals surface area contributed by atoms with Crippen LogP contribution in [0.1, 0.15) is 16.7 Å². The van der Waals surface area contributed by atoms with E-state index in [1.165, 1.54) is 17.3 Å². The maximum Gasteiger partial charge on any atom is 0.313 e. The van der Waals surface area contributed by atoms with Gasteiger partial charge in [0.1, 0.15) is 11.1 Å². The summed E-state index contributed by atoms with van der Waals surface area (Å²) in [7, 11) is 0. The fraction of sp³-hybridized carbons (Fsp3) is 0.154. The number of aryl methyl sites for hydroxylation is 1. The van der Waals surface area contributed by atoms with Crippen LogP contribution in [0.15, 0.2) is 52.0 Å². The predicted octanol–water partition coefficient (Wildman–Crippen LogP) is 3.05. The monoisotopic (exact) mass is 262 g/mol. The van der Waals surface area contributed by atoms with Crippen LogP contribution >= 0.6 is 11.8 Å². The number of furan rings is 1. The van der Waals surface area contributed by atoms with Crippen molar-refractivity contribution in [3.63, 3.8) is 0 Å². The predicted molar refractivity (Wildman–Crippen MR) is 71.2 cm³/mol. The van der Waals surface area contributed by atoms with E-state index in [-0.39, 0.29) is 5.37 Å². The molecule has 1 aromatic carbocycles. The number of benzene rings is 1. The van der Waals surface area contributed by atoms with Crippen molar-refractivity contribution in [1.29, 1.82) is 0 Å². The molecule has 1 unspecified atom stereocenters. The maximum absolute atomic E-state index is 11.0. The number of thioether (sulfide) groups is 1. The molecule has 0 aliphatic carbocycles. The molecule has 0 aliphatic rings. The average Bonchev–Trinajstić information content (AvgIpc) is 2.84. The molecule has 1 aromatic heterocycles. The number of amides is 2. The van der Waals surface area contributed by atoms with Crippen LogP contribution in [0.5, 0.6) is 0 Å². The Labute approximate surface area is 110 Å². The van der Waals surface area contributed by atoms with Crippen LogP contribution in [-0.4, -0.2) is 6.03 Å². The lowest BCUT2D eigenvalue weighted by Gasteiger charge is -2.14. The van der Waals surface area contributed by atoms with Gasteiger partial charge in [-0.15, -0.1) is 0 Å². The fourth-order valence-corrected chi connectivity index (χ4v) is 2.47. The molecule has 0 bridgehead atoms. The zero-order valence-electron chi connectivity index (χ0n) is 9.92. The minimum Gasteiger partial charge on any atom is -0.466 e. The van der Waals surface area contributed by atoms with Gasteiger partial charge in [-0.25, -0.2) is 4.79 Å². The third kappa shape index (κ3) is 3.30. The van der Waals surface area contributed by atoms with Crippen LogP contribution in [0.2, 0.25) is 0 Å². The lowest BCUT2D eigenvalue weighted by atomic mass is 10.2. The van der Waals surface area contributed by atoms with Crippen molar-refractivity contribution in [2.24, 2.45) is 5.73 Å². The SMILES string of the molecule is Cc1ccc(SC(NC(N)=O)c2ccco2)cc1. The van der Waals surface area contributed by atoms with Crippen LogP contribution in [0.25, 0.3) is 0 Å². The molecular formula is C13H14N2O2S. The lowest BCUT2D eigenvalue weighted by Crippen LogP contribution is -2.31. The highest BCUT2D eigenvalue weighted by Crippen LogP contribution is 2.33. The largest absolute Gasteiger partial charge is 0.466 e. The van der Waals surface area contributed by atoms with E-state index >= 15 is 0 Å². The van der Waals surface area contributed by atoms with Gasteiger partial charge in [-0.05, 0) is 31.2 Å². The second-order valence-electron chi connectivity index (χ2n) is 3.83. The summed E-state index contributed by atoms with van der Waals surface area (Å²) in [5, 5.41) is 2.33. The normalized spacial score (nSPS) is 12.1. The molecule has 0 aliphatic heterocycles. The molecule has 0 saturated heterocycles. The zero-order valence-corrected chi connectivity index (χ0v) is 10.7. The van der Waals surface area contributed by atoms with Crippen molar-refractivity contribution < 1.29 is 9.21 Å². The summed E-state index contributed by atoms with van der Waals surface area (Å²) in [4.78, 5) is 12.0. The molecule has 2 aromatic rings. The van der Waals surface area contributed by atoms with Gasteiger partial charge in [0.05, 0.1) is 6.26 Å². The summed E-state index contributed by atoms with van der Waals surface area (Å²) in [6.45, 7) is 2.03. The minimum atomic E-state index is -0.573. The first-order valence-electron chi connectivity index (χ1n) is 5.48. The Hall–Kier alpha value is -1.88. The number of nitrogens with two attached hydrogens (primary N) is 1. The molecule has 2 rings (SSSR count). The van der Waals surface area contributed by atoms with Crippen molar-refractivity contribution in [2.75, 3.05) is 0 Å². The summed E-state index contributed by atoms with van der Waals surface area (Å²) in [6.07, 6.45) is 1.57. The number of rotatable bonds is 4. The smallest absolute Gasteiger partial charge is 0.313 e. The number of hydrogen-bond donors (Lipinski definition) is 2. The average molecular weight is 262 g/mol. The molecular weight excluding hydrogens is 248 g/mol. The minimum absolute atomic E-state index is 0.319. The highest BCUT2D eigenvalue weighted by atomic mass is 32.2. The van der Waals surface area contributed by atoms with Gasteiger partial charge in [0.15, 0.2) is 0 Å². The molecule has 0 saturated carbocycles. The van der Waals surface area contributed by atoms with E-state index in [1.807, 2.05) is 37.3 Å². The summed E-state index contributed by atoms with van der Waals surface area (Å²) >= 11 is 1.48. The molecule has 5 heteroatoms. The highest BCUT2D eigenvalue weighted by Gasteiger charge is 2.17. The molecule has 1 heterocycles. The van der Waals surface area contributed by atoms with Crippen LogP contribution in [0.3, 0.4) is 0 Å². The van der Waals surface area contributed by atoms with E-state index in [4.69, 9.17) is 10.2 Å². The Morgan fingerprint density at radius 2 is 2.06 bits per heavy atom. The molecule has 2 amide bonds. The Morgan fingerprint density at radius 1 is 1.33 bits per heavy atom. The molecule has 4 nitrogen and oxygen atoms in total. The van der Waals surface area contributed by atoms with Gasteiger partial charge >= 0.3 is 6.03 Å². The third-order valence-corrected chi connectivity index (χ3v) is 3.48. The fourth-order valence-electron chi connectivity index (χ4n) is 1.48. The summed E-state index contributed by atoms with van der Waals surface area (Å²) < 4.78 is 5.30. The molecule has 0 fully saturated rings. The van der Waals surface area contributed by atoms with E-state index in [9.17, 15) is 4.79 Å². The third-order valence-electron chi connectivity index (χ3n) is 2.35. The van der Waals surface area contributed by atoms with Crippen LogP contribution in [-0.2, 0) is 0 Å². The first kappa shape index (κ1) is 12.6. The van der Waals surface area contributed by atoms with E-state index < -0.39 is 6.03 Å². The second-order valence-corrected chi connectivity index (χ2v) is 5.01. The van der Waals surface area contributed by atoms with Gasteiger partial charge in [0, 0.05) is 4.90 Å². The van der Waals surface area contributed by atoms with Gasteiger partial charge in [-0.2, -0.15) is 0 Å². The Bertz CT molecular complexity index is 508. The molecule has 0 radical (unpaired) electrons. The highest BCUT2D eigenvalue weighted by molar-refractivity contribution is 7.99. The quantitative estimate of drug-likeness (QED) is 0.657. The van der Waals surface area contributed by atoms with Crippen LogP contribution in [0.4, 0.5) is 4.79 Å². The van der Waals surface area contributed by atoms with Crippen molar-refractivity contribution in [3.05, 3.63) is 54.0 Å². The van der Waals surface area contributed by atoms with Crippen molar-refractivity contribution in [3.8, 4) is 0 Å². The number of nitrogens with one attached hydrogen (secondary N) is 1. The second kappa shape index (κ2) is 5.64. The van der Waals surface area contributed by atoms with Crippen LogP contribution in [0, 0.1) is 6.92 Å². The summed E-state index contributed by atoms with van der Waals surface area (Å²) in [5.74, 6) is 0.666. The first-order valence-corrected chi connectivity index (χ1v) is 6.36. The van der Waals surface area contributed by atoms with E-state index in [0.29, 0.717) is 5.76 Å². The Balaban J connectivity index is 2.15. The Morgan fingerprint density at radius 3 is 2.61 bits per heavy atom. The van der Waals surface area contributed by atoms with Gasteiger partial charge in [-0.3, -0.25) is 0 Å². The summed E-state index contributed by atoms with van der Waals surface area (Å²) in [6, 6.07) is 11.0.